The number of methoxy groups -OCH3 is 1. The van der Waals surface area contributed by atoms with Gasteiger partial charge in [0.05, 0.1) is 13.2 Å². The van der Waals surface area contributed by atoms with Crippen LogP contribution in [0.1, 0.15) is 18.4 Å². The van der Waals surface area contributed by atoms with Gasteiger partial charge in [0.2, 0.25) is 0 Å². The van der Waals surface area contributed by atoms with E-state index in [0.717, 1.165) is 12.1 Å². The minimum absolute atomic E-state index is 0.269. The molecule has 5 heteroatoms. The summed E-state index contributed by atoms with van der Waals surface area (Å²) in [6.07, 6.45) is 0.465. The maximum absolute atomic E-state index is 13.3. The van der Waals surface area contributed by atoms with Gasteiger partial charge in [-0.25, -0.2) is 8.78 Å². The summed E-state index contributed by atoms with van der Waals surface area (Å²) in [5.41, 5.74) is 5.73. The molecule has 1 aliphatic carbocycles. The van der Waals surface area contributed by atoms with Gasteiger partial charge in [-0.3, -0.25) is 0 Å². The molecule has 0 unspecified atom stereocenters. The fourth-order valence-electron chi connectivity index (χ4n) is 2.45. The van der Waals surface area contributed by atoms with Crippen molar-refractivity contribution < 1.29 is 18.6 Å². The molecule has 0 atom stereocenters. The van der Waals surface area contributed by atoms with Crippen LogP contribution in [-0.2, 0) is 5.41 Å². The third-order valence-electron chi connectivity index (χ3n) is 3.46. The predicted octanol–water partition coefficient (Wildman–Crippen LogP) is 1.32. The Hall–Kier alpha value is -1.20. The van der Waals surface area contributed by atoms with Crippen LogP contribution in [0.4, 0.5) is 8.78 Å². The highest BCUT2D eigenvalue weighted by molar-refractivity contribution is 5.43. The lowest BCUT2D eigenvalue weighted by Crippen LogP contribution is -2.50. The minimum Gasteiger partial charge on any atom is -0.496 e. The summed E-state index contributed by atoms with van der Waals surface area (Å²) in [4.78, 5) is 0. The Bertz CT molecular complexity index is 431. The first-order valence-electron chi connectivity index (χ1n) is 5.44. The van der Waals surface area contributed by atoms with Crippen molar-refractivity contribution in [1.82, 2.24) is 0 Å². The number of hydrogen-bond donors (Lipinski definition) is 2. The molecular formula is C12H15F2NO2. The second-order valence-corrected chi connectivity index (χ2v) is 4.51. The van der Waals surface area contributed by atoms with Crippen LogP contribution in [0, 0.1) is 11.6 Å². The molecule has 0 aromatic heterocycles. The Morgan fingerprint density at radius 2 is 2.00 bits per heavy atom. The first-order valence-corrected chi connectivity index (χ1v) is 5.44. The number of ether oxygens (including phenoxy) is 1. The fraction of sp³-hybridized carbons (Fsp3) is 0.500. The van der Waals surface area contributed by atoms with Crippen LogP contribution in [0.5, 0.6) is 5.75 Å². The zero-order valence-corrected chi connectivity index (χ0v) is 9.54. The van der Waals surface area contributed by atoms with Crippen LogP contribution in [0.25, 0.3) is 0 Å². The van der Waals surface area contributed by atoms with Crippen molar-refractivity contribution in [3.8, 4) is 5.75 Å². The Morgan fingerprint density at radius 1 is 1.41 bits per heavy atom. The molecule has 0 saturated heterocycles. The minimum atomic E-state index is -0.947. The van der Waals surface area contributed by atoms with E-state index in [4.69, 9.17) is 10.5 Å². The van der Waals surface area contributed by atoms with Crippen LogP contribution in [0.15, 0.2) is 12.1 Å². The van der Waals surface area contributed by atoms with Gasteiger partial charge in [0, 0.05) is 23.6 Å². The highest BCUT2D eigenvalue weighted by Gasteiger charge is 2.45. The molecule has 0 heterocycles. The van der Waals surface area contributed by atoms with Crippen LogP contribution < -0.4 is 10.5 Å². The Balaban J connectivity index is 2.47. The summed E-state index contributed by atoms with van der Waals surface area (Å²) < 4.78 is 31.4. The zero-order valence-electron chi connectivity index (χ0n) is 9.54. The number of aliphatic hydroxyl groups excluding tert-OH is 1. The molecule has 0 spiro atoms. The van der Waals surface area contributed by atoms with Gasteiger partial charge in [-0.05, 0) is 18.9 Å². The summed E-state index contributed by atoms with van der Waals surface area (Å²) in [5.74, 6) is -1.59. The maximum Gasteiger partial charge on any atom is 0.162 e. The molecule has 94 valence electrons. The van der Waals surface area contributed by atoms with E-state index in [1.807, 2.05) is 0 Å². The van der Waals surface area contributed by atoms with Crippen molar-refractivity contribution in [3.63, 3.8) is 0 Å². The molecule has 2 rings (SSSR count). The van der Waals surface area contributed by atoms with Crippen molar-refractivity contribution in [3.05, 3.63) is 29.3 Å². The van der Waals surface area contributed by atoms with Gasteiger partial charge in [-0.2, -0.15) is 0 Å². The molecule has 0 amide bonds. The predicted molar refractivity (Wildman–Crippen MR) is 58.9 cm³/mol. The first-order chi connectivity index (χ1) is 8.02. The number of benzene rings is 1. The van der Waals surface area contributed by atoms with E-state index in [2.05, 4.69) is 0 Å². The molecule has 1 saturated carbocycles. The van der Waals surface area contributed by atoms with Crippen LogP contribution in [0.3, 0.4) is 0 Å². The standard InChI is InChI=1S/C12H15F2NO2/c1-17-11-3-10(14)9(13)2-8(11)12(6-15)4-7(16)5-12/h2-3,7,16H,4-6,15H2,1H3. The Morgan fingerprint density at radius 3 is 2.47 bits per heavy atom. The van der Waals surface area contributed by atoms with Gasteiger partial charge in [0.1, 0.15) is 5.75 Å². The lowest BCUT2D eigenvalue weighted by molar-refractivity contribution is 0.0209. The Labute approximate surface area is 98.2 Å². The second kappa shape index (κ2) is 4.23. The van der Waals surface area contributed by atoms with Crippen molar-refractivity contribution in [2.45, 2.75) is 24.4 Å². The largest absolute Gasteiger partial charge is 0.496 e. The lowest BCUT2D eigenvalue weighted by atomic mass is 9.62. The highest BCUT2D eigenvalue weighted by Crippen LogP contribution is 2.46. The third-order valence-corrected chi connectivity index (χ3v) is 3.46. The summed E-state index contributed by atoms with van der Waals surface area (Å²) in [7, 11) is 1.40. The van der Waals surface area contributed by atoms with Gasteiger partial charge < -0.3 is 15.6 Å². The zero-order chi connectivity index (χ0) is 12.6. The van der Waals surface area contributed by atoms with Gasteiger partial charge >= 0.3 is 0 Å². The molecule has 1 aromatic rings. The SMILES string of the molecule is COc1cc(F)c(F)cc1C1(CN)CC(O)C1. The van der Waals surface area contributed by atoms with E-state index in [0.29, 0.717) is 18.4 Å². The normalized spacial score (nSPS) is 27.7. The van der Waals surface area contributed by atoms with Gasteiger partial charge in [-0.1, -0.05) is 0 Å². The summed E-state index contributed by atoms with van der Waals surface area (Å²) in [6, 6.07) is 2.14. The number of hydrogen-bond acceptors (Lipinski definition) is 3. The third kappa shape index (κ3) is 1.89. The van der Waals surface area contributed by atoms with Crippen molar-refractivity contribution in [2.75, 3.05) is 13.7 Å². The number of nitrogens with two attached hydrogens (primary N) is 1. The average molecular weight is 243 g/mol. The topological polar surface area (TPSA) is 55.5 Å². The Kier molecular flexibility index (Phi) is 3.05. The maximum atomic E-state index is 13.3. The van der Waals surface area contributed by atoms with E-state index >= 15 is 0 Å². The molecule has 0 bridgehead atoms. The fourth-order valence-corrected chi connectivity index (χ4v) is 2.45. The van der Waals surface area contributed by atoms with Gasteiger partial charge in [-0.15, -0.1) is 0 Å². The monoisotopic (exact) mass is 243 g/mol. The molecule has 0 aliphatic heterocycles. The van der Waals surface area contributed by atoms with Crippen molar-refractivity contribution >= 4 is 0 Å². The van der Waals surface area contributed by atoms with Crippen LogP contribution >= 0.6 is 0 Å². The van der Waals surface area contributed by atoms with E-state index < -0.39 is 23.2 Å². The van der Waals surface area contributed by atoms with Gasteiger partial charge in [0.25, 0.3) is 0 Å². The molecular weight excluding hydrogens is 228 g/mol. The van der Waals surface area contributed by atoms with E-state index in [1.165, 1.54) is 7.11 Å². The van der Waals surface area contributed by atoms with Crippen molar-refractivity contribution in [1.29, 1.82) is 0 Å². The lowest BCUT2D eigenvalue weighted by Gasteiger charge is -2.45. The summed E-state index contributed by atoms with van der Waals surface area (Å²) >= 11 is 0. The molecule has 3 N–H and O–H groups in total. The molecule has 3 nitrogen and oxygen atoms in total. The van der Waals surface area contributed by atoms with Crippen LogP contribution in [0.2, 0.25) is 0 Å². The van der Waals surface area contributed by atoms with E-state index in [9.17, 15) is 13.9 Å². The number of aliphatic hydroxyl groups is 1. The molecule has 0 radical (unpaired) electrons. The smallest absolute Gasteiger partial charge is 0.162 e. The van der Waals surface area contributed by atoms with Crippen LogP contribution in [-0.4, -0.2) is 24.9 Å². The van der Waals surface area contributed by atoms with E-state index in [-0.39, 0.29) is 12.3 Å². The van der Waals surface area contributed by atoms with Gasteiger partial charge in [0.15, 0.2) is 11.6 Å². The summed E-state index contributed by atoms with van der Waals surface area (Å²) in [5, 5.41) is 9.40. The van der Waals surface area contributed by atoms with Crippen molar-refractivity contribution in [2.24, 2.45) is 5.73 Å². The molecule has 1 aromatic carbocycles. The summed E-state index contributed by atoms with van der Waals surface area (Å²) in [6.45, 7) is 0.269. The molecule has 1 fully saturated rings. The second-order valence-electron chi connectivity index (χ2n) is 4.51. The molecule has 17 heavy (non-hydrogen) atoms. The highest BCUT2D eigenvalue weighted by atomic mass is 19.2. The molecule has 1 aliphatic rings. The average Bonchev–Trinajstić information content (AvgIpc) is 2.27. The number of halogens is 2. The quantitative estimate of drug-likeness (QED) is 0.842. The first kappa shape index (κ1) is 12.3. The van der Waals surface area contributed by atoms with E-state index in [1.54, 1.807) is 0 Å². The number of rotatable bonds is 3.